The Labute approximate surface area is 74.4 Å². The summed E-state index contributed by atoms with van der Waals surface area (Å²) in [4.78, 5) is 3.75. The van der Waals surface area contributed by atoms with E-state index in [9.17, 15) is 8.78 Å². The molecule has 0 unspecified atom stereocenters. The fourth-order valence-corrected chi connectivity index (χ4v) is 1.16. The van der Waals surface area contributed by atoms with Crippen molar-refractivity contribution in [1.82, 2.24) is 4.98 Å². The molecule has 0 fully saturated rings. The molecule has 0 N–H and O–H groups in total. The van der Waals surface area contributed by atoms with Gasteiger partial charge in [0.15, 0.2) is 0 Å². The molecular formula is C8H8ClF2N. The standard InChI is InChI=1S/C8H8ClF2N/c1-8(10,11)6-3-2-4-12-7(6)5-9/h2-4H,5H2,1H3. The largest absolute Gasteiger partial charge is 0.272 e. The van der Waals surface area contributed by atoms with Gasteiger partial charge in [-0.15, -0.1) is 11.6 Å². The molecule has 0 aliphatic rings. The number of hydrogen-bond acceptors (Lipinski definition) is 1. The summed E-state index contributed by atoms with van der Waals surface area (Å²) < 4.78 is 25.6. The molecule has 0 aliphatic carbocycles. The van der Waals surface area contributed by atoms with Crippen molar-refractivity contribution >= 4 is 11.6 Å². The minimum absolute atomic E-state index is 0.0135. The van der Waals surface area contributed by atoms with Gasteiger partial charge in [0.05, 0.1) is 11.6 Å². The van der Waals surface area contributed by atoms with Crippen molar-refractivity contribution in [2.24, 2.45) is 0 Å². The van der Waals surface area contributed by atoms with E-state index in [1.54, 1.807) is 0 Å². The molecule has 0 bridgehead atoms. The van der Waals surface area contributed by atoms with Crippen LogP contribution in [0.2, 0.25) is 0 Å². The summed E-state index contributed by atoms with van der Waals surface area (Å²) in [5.74, 6) is -2.85. The minimum Gasteiger partial charge on any atom is -0.260 e. The molecule has 0 aliphatic heterocycles. The molecule has 0 amide bonds. The Morgan fingerprint density at radius 3 is 2.67 bits per heavy atom. The van der Waals surface area contributed by atoms with Crippen LogP contribution in [0, 0.1) is 0 Å². The molecule has 1 heterocycles. The predicted molar refractivity (Wildman–Crippen MR) is 43.4 cm³/mol. The van der Waals surface area contributed by atoms with Crippen LogP contribution >= 0.6 is 11.6 Å². The highest BCUT2D eigenvalue weighted by molar-refractivity contribution is 6.17. The van der Waals surface area contributed by atoms with Crippen LogP contribution in [-0.4, -0.2) is 4.98 Å². The van der Waals surface area contributed by atoms with Gasteiger partial charge in [0, 0.05) is 18.7 Å². The van der Waals surface area contributed by atoms with Crippen LogP contribution < -0.4 is 0 Å². The van der Waals surface area contributed by atoms with Gasteiger partial charge in [-0.1, -0.05) is 0 Å². The van der Waals surface area contributed by atoms with Gasteiger partial charge in [-0.3, -0.25) is 4.98 Å². The number of aromatic nitrogens is 1. The fourth-order valence-electron chi connectivity index (χ4n) is 0.944. The normalized spacial score (nSPS) is 11.7. The SMILES string of the molecule is CC(F)(F)c1cccnc1CCl. The second-order valence-corrected chi connectivity index (χ2v) is 2.79. The van der Waals surface area contributed by atoms with Gasteiger partial charge >= 0.3 is 0 Å². The molecule has 0 radical (unpaired) electrons. The van der Waals surface area contributed by atoms with Crippen molar-refractivity contribution in [2.75, 3.05) is 0 Å². The van der Waals surface area contributed by atoms with Crippen molar-refractivity contribution in [1.29, 1.82) is 0 Å². The summed E-state index contributed by atoms with van der Waals surface area (Å²) in [5.41, 5.74) is 0.145. The maximum atomic E-state index is 12.8. The van der Waals surface area contributed by atoms with E-state index in [2.05, 4.69) is 4.98 Å². The summed E-state index contributed by atoms with van der Waals surface area (Å²) >= 11 is 5.44. The van der Waals surface area contributed by atoms with Gasteiger partial charge in [-0.2, -0.15) is 0 Å². The van der Waals surface area contributed by atoms with Gasteiger partial charge in [0.2, 0.25) is 0 Å². The zero-order valence-corrected chi connectivity index (χ0v) is 7.28. The summed E-state index contributed by atoms with van der Waals surface area (Å²) in [5, 5.41) is 0. The maximum Gasteiger partial charge on any atom is 0.272 e. The average molecular weight is 192 g/mol. The van der Waals surface area contributed by atoms with E-state index in [0.29, 0.717) is 0 Å². The first kappa shape index (κ1) is 9.39. The predicted octanol–water partition coefficient (Wildman–Crippen LogP) is 2.93. The van der Waals surface area contributed by atoms with Crippen LogP contribution in [0.1, 0.15) is 18.2 Å². The van der Waals surface area contributed by atoms with Gasteiger partial charge in [0.25, 0.3) is 5.92 Å². The molecule has 0 spiro atoms. The lowest BCUT2D eigenvalue weighted by Crippen LogP contribution is -2.10. The van der Waals surface area contributed by atoms with E-state index in [4.69, 9.17) is 11.6 Å². The van der Waals surface area contributed by atoms with Crippen molar-refractivity contribution in [3.05, 3.63) is 29.6 Å². The van der Waals surface area contributed by atoms with E-state index in [0.717, 1.165) is 6.92 Å². The van der Waals surface area contributed by atoms with E-state index in [1.807, 2.05) is 0 Å². The molecule has 0 saturated carbocycles. The van der Waals surface area contributed by atoms with Crippen molar-refractivity contribution in [2.45, 2.75) is 18.7 Å². The van der Waals surface area contributed by atoms with Crippen LogP contribution in [0.4, 0.5) is 8.78 Å². The second kappa shape index (κ2) is 3.35. The molecule has 1 aromatic heterocycles. The first-order valence-electron chi connectivity index (χ1n) is 3.44. The molecular weight excluding hydrogens is 184 g/mol. The van der Waals surface area contributed by atoms with Gasteiger partial charge in [-0.05, 0) is 12.1 Å². The number of halogens is 3. The number of rotatable bonds is 2. The zero-order valence-electron chi connectivity index (χ0n) is 6.52. The first-order chi connectivity index (χ1) is 5.55. The topological polar surface area (TPSA) is 12.9 Å². The summed E-state index contributed by atoms with van der Waals surface area (Å²) in [7, 11) is 0. The van der Waals surface area contributed by atoms with E-state index < -0.39 is 5.92 Å². The number of hydrogen-bond donors (Lipinski definition) is 0. The number of pyridine rings is 1. The Morgan fingerprint density at radius 2 is 2.25 bits per heavy atom. The maximum absolute atomic E-state index is 12.8. The van der Waals surface area contributed by atoms with Gasteiger partial charge in [0.1, 0.15) is 0 Å². The quantitative estimate of drug-likeness (QED) is 0.655. The second-order valence-electron chi connectivity index (χ2n) is 2.52. The molecule has 1 nitrogen and oxygen atoms in total. The molecule has 0 saturated heterocycles. The Kier molecular flexibility index (Phi) is 2.62. The lowest BCUT2D eigenvalue weighted by atomic mass is 10.1. The minimum atomic E-state index is -2.86. The number of alkyl halides is 3. The van der Waals surface area contributed by atoms with Crippen molar-refractivity contribution < 1.29 is 8.78 Å². The van der Waals surface area contributed by atoms with Crippen LogP contribution in [-0.2, 0) is 11.8 Å². The Balaban J connectivity index is 3.14. The Morgan fingerprint density at radius 1 is 1.58 bits per heavy atom. The Hall–Kier alpha value is -0.700. The monoisotopic (exact) mass is 191 g/mol. The van der Waals surface area contributed by atoms with Crippen LogP contribution in [0.25, 0.3) is 0 Å². The average Bonchev–Trinajstić information content (AvgIpc) is 2.03. The molecule has 4 heteroatoms. The zero-order chi connectivity index (χ0) is 9.19. The van der Waals surface area contributed by atoms with Gasteiger partial charge in [-0.25, -0.2) is 8.78 Å². The highest BCUT2D eigenvalue weighted by Gasteiger charge is 2.27. The highest BCUT2D eigenvalue weighted by Crippen LogP contribution is 2.29. The Bertz CT molecular complexity index is 270. The fraction of sp³-hybridized carbons (Fsp3) is 0.375. The van der Waals surface area contributed by atoms with Crippen LogP contribution in [0.3, 0.4) is 0 Å². The van der Waals surface area contributed by atoms with Crippen molar-refractivity contribution in [3.8, 4) is 0 Å². The van der Waals surface area contributed by atoms with E-state index in [1.165, 1.54) is 18.3 Å². The summed E-state index contributed by atoms with van der Waals surface area (Å²) in [6.45, 7) is 0.833. The molecule has 1 aromatic rings. The number of nitrogens with zero attached hydrogens (tertiary/aromatic N) is 1. The summed E-state index contributed by atoms with van der Waals surface area (Å²) in [6.07, 6.45) is 1.45. The third-order valence-corrected chi connectivity index (χ3v) is 1.74. The van der Waals surface area contributed by atoms with Crippen LogP contribution in [0.5, 0.6) is 0 Å². The lowest BCUT2D eigenvalue weighted by Gasteiger charge is -2.12. The third kappa shape index (κ3) is 1.91. The third-order valence-electron chi connectivity index (χ3n) is 1.49. The molecule has 66 valence electrons. The molecule has 0 aromatic carbocycles. The highest BCUT2D eigenvalue weighted by atomic mass is 35.5. The van der Waals surface area contributed by atoms with Crippen LogP contribution in [0.15, 0.2) is 18.3 Å². The molecule has 12 heavy (non-hydrogen) atoms. The molecule has 1 rings (SSSR count). The molecule has 0 atom stereocenters. The smallest absolute Gasteiger partial charge is 0.260 e. The van der Waals surface area contributed by atoms with Crippen molar-refractivity contribution in [3.63, 3.8) is 0 Å². The summed E-state index contributed by atoms with van der Waals surface area (Å²) in [6, 6.07) is 2.81. The van der Waals surface area contributed by atoms with E-state index >= 15 is 0 Å². The lowest BCUT2D eigenvalue weighted by molar-refractivity contribution is 0.0163. The first-order valence-corrected chi connectivity index (χ1v) is 3.97. The van der Waals surface area contributed by atoms with E-state index in [-0.39, 0.29) is 17.1 Å². The van der Waals surface area contributed by atoms with Gasteiger partial charge < -0.3 is 0 Å².